The van der Waals surface area contributed by atoms with Crippen LogP contribution in [0.15, 0.2) is 72.9 Å². The van der Waals surface area contributed by atoms with Gasteiger partial charge in [-0.3, -0.25) is 4.79 Å². The van der Waals surface area contributed by atoms with Crippen LogP contribution in [0.25, 0.3) is 23.0 Å². The zero-order valence-corrected chi connectivity index (χ0v) is 12.8. The second-order valence-corrected chi connectivity index (χ2v) is 5.03. The number of hydrogen-bond donors (Lipinski definition) is 1. The molecule has 0 aliphatic carbocycles. The molecule has 3 aromatic rings. The van der Waals surface area contributed by atoms with Gasteiger partial charge in [0.1, 0.15) is 0 Å². The van der Waals surface area contributed by atoms with Crippen LogP contribution < -0.4 is 5.32 Å². The van der Waals surface area contributed by atoms with Gasteiger partial charge in [-0.25, -0.2) is 4.68 Å². The second-order valence-electron chi connectivity index (χ2n) is 5.03. The fraction of sp³-hybridized carbons (Fsp3) is 0.0526. The summed E-state index contributed by atoms with van der Waals surface area (Å²) in [6.07, 6.45) is 5.23. The number of likely N-dealkylation sites (N-methyl/N-ethyl adjacent to an activating group) is 1. The molecule has 1 amide bonds. The SMILES string of the molecule is CNC(=O)/C=C/c1cn(-c2ccccc2)nc1-c1ccccc1. The van der Waals surface area contributed by atoms with Crippen molar-refractivity contribution in [2.24, 2.45) is 0 Å². The third-order valence-electron chi connectivity index (χ3n) is 3.47. The summed E-state index contributed by atoms with van der Waals surface area (Å²) in [6.45, 7) is 0. The Labute approximate surface area is 135 Å². The fourth-order valence-electron chi connectivity index (χ4n) is 2.29. The van der Waals surface area contributed by atoms with Crippen molar-refractivity contribution in [3.05, 3.63) is 78.5 Å². The normalized spacial score (nSPS) is 10.8. The number of hydrogen-bond acceptors (Lipinski definition) is 2. The summed E-state index contributed by atoms with van der Waals surface area (Å²) >= 11 is 0. The highest BCUT2D eigenvalue weighted by Gasteiger charge is 2.10. The fourth-order valence-corrected chi connectivity index (χ4v) is 2.29. The average molecular weight is 303 g/mol. The molecule has 1 N–H and O–H groups in total. The lowest BCUT2D eigenvalue weighted by molar-refractivity contribution is -0.115. The molecular formula is C19H17N3O. The van der Waals surface area contributed by atoms with Crippen molar-refractivity contribution < 1.29 is 4.79 Å². The van der Waals surface area contributed by atoms with Gasteiger partial charge in [0.15, 0.2) is 0 Å². The van der Waals surface area contributed by atoms with E-state index in [1.165, 1.54) is 6.08 Å². The highest BCUT2D eigenvalue weighted by Crippen LogP contribution is 2.24. The van der Waals surface area contributed by atoms with Crippen molar-refractivity contribution in [3.63, 3.8) is 0 Å². The number of nitrogens with one attached hydrogen (secondary N) is 1. The molecule has 1 heterocycles. The lowest BCUT2D eigenvalue weighted by atomic mass is 10.1. The quantitative estimate of drug-likeness (QED) is 0.752. The zero-order chi connectivity index (χ0) is 16.1. The van der Waals surface area contributed by atoms with Crippen LogP contribution in [-0.2, 0) is 4.79 Å². The first kappa shape index (κ1) is 14.8. The Morgan fingerprint density at radius 2 is 1.70 bits per heavy atom. The van der Waals surface area contributed by atoms with E-state index in [-0.39, 0.29) is 5.91 Å². The molecule has 0 atom stereocenters. The maximum absolute atomic E-state index is 11.5. The van der Waals surface area contributed by atoms with Gasteiger partial charge < -0.3 is 5.32 Å². The molecule has 0 aliphatic rings. The van der Waals surface area contributed by atoms with Crippen LogP contribution in [-0.4, -0.2) is 22.7 Å². The van der Waals surface area contributed by atoms with Crippen molar-refractivity contribution in [2.75, 3.05) is 7.05 Å². The van der Waals surface area contributed by atoms with Crippen LogP contribution >= 0.6 is 0 Å². The lowest BCUT2D eigenvalue weighted by Gasteiger charge is -2.00. The van der Waals surface area contributed by atoms with Gasteiger partial charge in [0, 0.05) is 30.4 Å². The molecule has 0 fully saturated rings. The monoisotopic (exact) mass is 303 g/mol. The lowest BCUT2D eigenvalue weighted by Crippen LogP contribution is -2.13. The molecule has 4 heteroatoms. The van der Waals surface area contributed by atoms with Gasteiger partial charge in [0.2, 0.25) is 5.91 Å². The molecule has 0 saturated heterocycles. The summed E-state index contributed by atoms with van der Waals surface area (Å²) in [4.78, 5) is 11.5. The van der Waals surface area contributed by atoms with E-state index in [0.717, 1.165) is 22.5 Å². The minimum absolute atomic E-state index is 0.142. The molecule has 0 bridgehead atoms. The van der Waals surface area contributed by atoms with E-state index >= 15 is 0 Å². The summed E-state index contributed by atoms with van der Waals surface area (Å²) in [6, 6.07) is 19.8. The van der Waals surface area contributed by atoms with Crippen LogP contribution in [0.4, 0.5) is 0 Å². The van der Waals surface area contributed by atoms with Gasteiger partial charge in [-0.2, -0.15) is 5.10 Å². The van der Waals surface area contributed by atoms with Crippen molar-refractivity contribution in [1.29, 1.82) is 0 Å². The smallest absolute Gasteiger partial charge is 0.243 e. The summed E-state index contributed by atoms with van der Waals surface area (Å²) in [5.74, 6) is -0.142. The second kappa shape index (κ2) is 6.75. The molecular weight excluding hydrogens is 286 g/mol. The predicted octanol–water partition coefficient (Wildman–Crippen LogP) is 3.30. The number of amides is 1. The van der Waals surface area contributed by atoms with E-state index in [2.05, 4.69) is 10.4 Å². The van der Waals surface area contributed by atoms with Gasteiger partial charge in [0.25, 0.3) is 0 Å². The summed E-state index contributed by atoms with van der Waals surface area (Å²) < 4.78 is 1.83. The Balaban J connectivity index is 2.07. The zero-order valence-electron chi connectivity index (χ0n) is 12.8. The standard InChI is InChI=1S/C19H17N3O/c1-20-18(23)13-12-16-14-22(17-10-6-3-7-11-17)21-19(16)15-8-4-2-5-9-15/h2-14H,1H3,(H,20,23)/b13-12+. The van der Waals surface area contributed by atoms with E-state index < -0.39 is 0 Å². The number of carbonyl (C=O) groups is 1. The highest BCUT2D eigenvalue weighted by molar-refractivity contribution is 5.92. The number of carbonyl (C=O) groups excluding carboxylic acids is 1. The average Bonchev–Trinajstić information content (AvgIpc) is 3.05. The maximum Gasteiger partial charge on any atom is 0.243 e. The van der Waals surface area contributed by atoms with Crippen LogP contribution in [0, 0.1) is 0 Å². The molecule has 4 nitrogen and oxygen atoms in total. The van der Waals surface area contributed by atoms with Crippen molar-refractivity contribution in [3.8, 4) is 16.9 Å². The van der Waals surface area contributed by atoms with Gasteiger partial charge in [-0.15, -0.1) is 0 Å². The van der Waals surface area contributed by atoms with Crippen LogP contribution in [0.2, 0.25) is 0 Å². The van der Waals surface area contributed by atoms with Crippen molar-refractivity contribution in [1.82, 2.24) is 15.1 Å². The first-order valence-corrected chi connectivity index (χ1v) is 7.38. The molecule has 1 aromatic heterocycles. The Kier molecular flexibility index (Phi) is 4.34. The maximum atomic E-state index is 11.5. The Bertz CT molecular complexity index is 820. The summed E-state index contributed by atoms with van der Waals surface area (Å²) in [7, 11) is 1.61. The van der Waals surface area contributed by atoms with Gasteiger partial charge in [0.05, 0.1) is 11.4 Å². The number of para-hydroxylation sites is 1. The van der Waals surface area contributed by atoms with Crippen molar-refractivity contribution >= 4 is 12.0 Å². The minimum atomic E-state index is -0.142. The van der Waals surface area contributed by atoms with E-state index in [1.807, 2.05) is 71.5 Å². The highest BCUT2D eigenvalue weighted by atomic mass is 16.1. The molecule has 0 aliphatic heterocycles. The number of nitrogens with zero attached hydrogens (tertiary/aromatic N) is 2. The minimum Gasteiger partial charge on any atom is -0.356 e. The third-order valence-corrected chi connectivity index (χ3v) is 3.47. The molecule has 0 saturated carbocycles. The largest absolute Gasteiger partial charge is 0.356 e. The van der Waals surface area contributed by atoms with Crippen LogP contribution in [0.1, 0.15) is 5.56 Å². The molecule has 23 heavy (non-hydrogen) atoms. The van der Waals surface area contributed by atoms with Crippen LogP contribution in [0.5, 0.6) is 0 Å². The molecule has 3 rings (SSSR count). The molecule has 0 unspecified atom stereocenters. The Morgan fingerprint density at radius 3 is 2.35 bits per heavy atom. The summed E-state index contributed by atoms with van der Waals surface area (Å²) in [5.41, 5.74) is 3.72. The van der Waals surface area contributed by atoms with Crippen LogP contribution in [0.3, 0.4) is 0 Å². The predicted molar refractivity (Wildman–Crippen MR) is 92.1 cm³/mol. The number of benzene rings is 2. The van der Waals surface area contributed by atoms with Gasteiger partial charge in [-0.05, 0) is 18.2 Å². The van der Waals surface area contributed by atoms with E-state index in [9.17, 15) is 4.79 Å². The first-order valence-electron chi connectivity index (χ1n) is 7.38. The van der Waals surface area contributed by atoms with E-state index in [4.69, 9.17) is 0 Å². The van der Waals surface area contributed by atoms with Gasteiger partial charge in [-0.1, -0.05) is 48.5 Å². The first-order chi connectivity index (χ1) is 11.3. The van der Waals surface area contributed by atoms with E-state index in [0.29, 0.717) is 0 Å². The topological polar surface area (TPSA) is 46.9 Å². The number of rotatable bonds is 4. The molecule has 0 radical (unpaired) electrons. The molecule has 2 aromatic carbocycles. The third kappa shape index (κ3) is 3.37. The Morgan fingerprint density at radius 1 is 1.04 bits per heavy atom. The molecule has 114 valence electrons. The molecule has 0 spiro atoms. The summed E-state index contributed by atoms with van der Waals surface area (Å²) in [5, 5.41) is 7.27. The van der Waals surface area contributed by atoms with Gasteiger partial charge >= 0.3 is 0 Å². The van der Waals surface area contributed by atoms with Crippen molar-refractivity contribution in [2.45, 2.75) is 0 Å². The van der Waals surface area contributed by atoms with E-state index in [1.54, 1.807) is 13.1 Å². The Hall–Kier alpha value is -3.14. The number of aromatic nitrogens is 2.